The molecular weight excluding hydrogens is 332 g/mol. The monoisotopic (exact) mass is 350 g/mol. The number of thioether (sulfide) groups is 1. The molecule has 0 atom stereocenters. The normalized spacial score (nSPS) is 17.0. The van der Waals surface area contributed by atoms with Crippen LogP contribution < -0.4 is 4.90 Å². The van der Waals surface area contributed by atoms with E-state index in [9.17, 15) is 4.79 Å². The van der Waals surface area contributed by atoms with Crippen LogP contribution in [0.3, 0.4) is 0 Å². The number of pyridine rings is 1. The Morgan fingerprint density at radius 2 is 2.04 bits per heavy atom. The van der Waals surface area contributed by atoms with E-state index in [0.717, 1.165) is 41.4 Å². The molecule has 1 saturated heterocycles. The first-order valence-electron chi connectivity index (χ1n) is 8.33. The van der Waals surface area contributed by atoms with Crippen molar-refractivity contribution in [2.24, 2.45) is 4.99 Å². The van der Waals surface area contributed by atoms with E-state index in [0.29, 0.717) is 11.2 Å². The SMILES string of the molecule is O=C(/N=C1\SCCCCN1c1ccccc1)c1c[nH]c2ncccc12. The van der Waals surface area contributed by atoms with Gasteiger partial charge in [-0.05, 0) is 37.1 Å². The number of rotatable bonds is 2. The van der Waals surface area contributed by atoms with Crippen molar-refractivity contribution in [3.63, 3.8) is 0 Å². The fraction of sp³-hybridized carbons (Fsp3) is 0.211. The van der Waals surface area contributed by atoms with E-state index in [2.05, 4.69) is 32.0 Å². The number of hydrogen-bond acceptors (Lipinski definition) is 3. The average Bonchev–Trinajstić information content (AvgIpc) is 2.96. The second-order valence-electron chi connectivity index (χ2n) is 5.84. The Balaban J connectivity index is 1.70. The number of carbonyl (C=O) groups is 1. The molecule has 0 radical (unpaired) electrons. The minimum Gasteiger partial charge on any atom is -0.345 e. The number of H-pyrrole nitrogens is 1. The van der Waals surface area contributed by atoms with E-state index in [1.807, 2.05) is 30.3 Å². The Kier molecular flexibility index (Phi) is 4.52. The van der Waals surface area contributed by atoms with E-state index < -0.39 is 0 Å². The molecule has 1 amide bonds. The summed E-state index contributed by atoms with van der Waals surface area (Å²) in [4.78, 5) is 26.7. The molecule has 0 saturated carbocycles. The first kappa shape index (κ1) is 15.9. The maximum Gasteiger partial charge on any atom is 0.281 e. The van der Waals surface area contributed by atoms with Gasteiger partial charge in [-0.2, -0.15) is 4.99 Å². The topological polar surface area (TPSA) is 61.4 Å². The molecule has 5 nitrogen and oxygen atoms in total. The van der Waals surface area contributed by atoms with Crippen LogP contribution in [0.25, 0.3) is 11.0 Å². The van der Waals surface area contributed by atoms with Crippen molar-refractivity contribution in [2.45, 2.75) is 12.8 Å². The zero-order valence-corrected chi connectivity index (χ0v) is 14.5. The highest BCUT2D eigenvalue weighted by Crippen LogP contribution is 2.25. The third kappa shape index (κ3) is 3.30. The molecule has 6 heteroatoms. The van der Waals surface area contributed by atoms with Gasteiger partial charge in [-0.15, -0.1) is 0 Å². The number of nitrogens with zero attached hydrogens (tertiary/aromatic N) is 3. The number of amidine groups is 1. The van der Waals surface area contributed by atoms with Gasteiger partial charge in [0.15, 0.2) is 5.17 Å². The van der Waals surface area contributed by atoms with Crippen LogP contribution >= 0.6 is 11.8 Å². The number of anilines is 1. The molecule has 0 unspecified atom stereocenters. The lowest BCUT2D eigenvalue weighted by Crippen LogP contribution is -2.29. The fourth-order valence-electron chi connectivity index (χ4n) is 2.93. The molecule has 3 aromatic rings. The molecule has 1 aliphatic rings. The molecule has 1 fully saturated rings. The van der Waals surface area contributed by atoms with Gasteiger partial charge in [0, 0.05) is 35.8 Å². The lowest BCUT2D eigenvalue weighted by Gasteiger charge is -2.23. The van der Waals surface area contributed by atoms with Crippen molar-refractivity contribution in [3.8, 4) is 0 Å². The fourth-order valence-corrected chi connectivity index (χ4v) is 3.96. The minimum atomic E-state index is -0.232. The molecular formula is C19H18N4OS. The summed E-state index contributed by atoms with van der Waals surface area (Å²) >= 11 is 1.65. The Labute approximate surface area is 150 Å². The van der Waals surface area contributed by atoms with Crippen molar-refractivity contribution in [3.05, 3.63) is 60.4 Å². The number of carbonyl (C=O) groups excluding carboxylic acids is 1. The van der Waals surface area contributed by atoms with Gasteiger partial charge in [0.2, 0.25) is 0 Å². The predicted octanol–water partition coefficient (Wildman–Crippen LogP) is 4.09. The minimum absolute atomic E-state index is 0.232. The summed E-state index contributed by atoms with van der Waals surface area (Å²) in [5.41, 5.74) is 2.34. The Hall–Kier alpha value is -2.60. The quantitative estimate of drug-likeness (QED) is 0.756. The van der Waals surface area contributed by atoms with Gasteiger partial charge < -0.3 is 9.88 Å². The van der Waals surface area contributed by atoms with Crippen LogP contribution in [0.4, 0.5) is 5.69 Å². The maximum atomic E-state index is 12.8. The molecule has 1 N–H and O–H groups in total. The van der Waals surface area contributed by atoms with E-state index in [1.54, 1.807) is 24.2 Å². The molecule has 126 valence electrons. The standard InChI is InChI=1S/C19H18N4OS/c24-18(16-13-21-17-15(16)9-6-10-20-17)22-19-23(11-4-5-12-25-19)14-7-2-1-3-8-14/h1-3,6-10,13H,4-5,11-12H2,(H,20,21)/b22-19-. The number of hydrogen-bond donors (Lipinski definition) is 1. The highest BCUT2D eigenvalue weighted by atomic mass is 32.2. The van der Waals surface area contributed by atoms with Gasteiger partial charge in [0.25, 0.3) is 5.91 Å². The number of nitrogens with one attached hydrogen (secondary N) is 1. The summed E-state index contributed by atoms with van der Waals surface area (Å²) in [6, 6.07) is 13.8. The molecule has 1 aromatic carbocycles. The Morgan fingerprint density at radius 1 is 1.16 bits per heavy atom. The highest BCUT2D eigenvalue weighted by molar-refractivity contribution is 8.14. The van der Waals surface area contributed by atoms with E-state index in [4.69, 9.17) is 0 Å². The number of amides is 1. The second kappa shape index (κ2) is 7.11. The third-order valence-electron chi connectivity index (χ3n) is 4.18. The van der Waals surface area contributed by atoms with Crippen LogP contribution in [0.15, 0.2) is 59.9 Å². The molecule has 1 aliphatic heterocycles. The summed E-state index contributed by atoms with van der Waals surface area (Å²) < 4.78 is 0. The van der Waals surface area contributed by atoms with Gasteiger partial charge in [0.05, 0.1) is 5.56 Å². The number of aromatic amines is 1. The molecule has 4 rings (SSSR count). The summed E-state index contributed by atoms with van der Waals surface area (Å²) in [6.07, 6.45) is 5.61. The van der Waals surface area contributed by atoms with Crippen LogP contribution in [0.2, 0.25) is 0 Å². The largest absolute Gasteiger partial charge is 0.345 e. The van der Waals surface area contributed by atoms with Crippen molar-refractivity contribution in [1.82, 2.24) is 9.97 Å². The maximum absolute atomic E-state index is 12.8. The van der Waals surface area contributed by atoms with Crippen LogP contribution in [0.1, 0.15) is 23.2 Å². The highest BCUT2D eigenvalue weighted by Gasteiger charge is 2.20. The number of aromatic nitrogens is 2. The number of para-hydroxylation sites is 1. The summed E-state index contributed by atoms with van der Waals surface area (Å²) in [7, 11) is 0. The number of aliphatic imine (C=N–C) groups is 1. The first-order valence-corrected chi connectivity index (χ1v) is 9.32. The van der Waals surface area contributed by atoms with Gasteiger partial charge in [-0.3, -0.25) is 4.79 Å². The van der Waals surface area contributed by atoms with E-state index in [1.165, 1.54) is 0 Å². The Bertz CT molecular complexity index is 919. The van der Waals surface area contributed by atoms with Crippen molar-refractivity contribution in [2.75, 3.05) is 17.2 Å². The second-order valence-corrected chi connectivity index (χ2v) is 6.91. The number of fused-ring (bicyclic) bond motifs is 1. The number of benzene rings is 1. The van der Waals surface area contributed by atoms with Crippen molar-refractivity contribution < 1.29 is 4.79 Å². The van der Waals surface area contributed by atoms with Crippen LogP contribution in [-0.2, 0) is 0 Å². The molecule has 0 bridgehead atoms. The summed E-state index contributed by atoms with van der Waals surface area (Å²) in [5.74, 6) is 0.745. The van der Waals surface area contributed by atoms with Crippen LogP contribution in [-0.4, -0.2) is 33.3 Å². The van der Waals surface area contributed by atoms with Gasteiger partial charge in [0.1, 0.15) is 5.65 Å². The smallest absolute Gasteiger partial charge is 0.281 e. The summed E-state index contributed by atoms with van der Waals surface area (Å²) in [5, 5.41) is 1.58. The molecule has 0 spiro atoms. The van der Waals surface area contributed by atoms with Gasteiger partial charge >= 0.3 is 0 Å². The molecule has 0 aliphatic carbocycles. The van der Waals surface area contributed by atoms with Crippen LogP contribution in [0, 0.1) is 0 Å². The van der Waals surface area contributed by atoms with Gasteiger partial charge in [-0.1, -0.05) is 30.0 Å². The summed E-state index contributed by atoms with van der Waals surface area (Å²) in [6.45, 7) is 0.874. The van der Waals surface area contributed by atoms with Crippen molar-refractivity contribution >= 4 is 39.6 Å². The molecule has 25 heavy (non-hydrogen) atoms. The third-order valence-corrected chi connectivity index (χ3v) is 5.25. The molecule has 2 aromatic heterocycles. The Morgan fingerprint density at radius 3 is 2.92 bits per heavy atom. The molecule has 3 heterocycles. The zero-order valence-electron chi connectivity index (χ0n) is 13.7. The lowest BCUT2D eigenvalue weighted by molar-refractivity contribution is 0.100. The van der Waals surface area contributed by atoms with Gasteiger partial charge in [-0.25, -0.2) is 4.98 Å². The predicted molar refractivity (Wildman–Crippen MR) is 103 cm³/mol. The lowest BCUT2D eigenvalue weighted by atomic mass is 10.2. The van der Waals surface area contributed by atoms with Crippen molar-refractivity contribution in [1.29, 1.82) is 0 Å². The average molecular weight is 350 g/mol. The zero-order chi connectivity index (χ0) is 17.1. The van der Waals surface area contributed by atoms with Crippen LogP contribution in [0.5, 0.6) is 0 Å². The first-order chi connectivity index (χ1) is 12.3. The van der Waals surface area contributed by atoms with E-state index in [-0.39, 0.29) is 5.91 Å². The van der Waals surface area contributed by atoms with E-state index >= 15 is 0 Å².